The summed E-state index contributed by atoms with van der Waals surface area (Å²) in [5.74, 6) is 0.538. The van der Waals surface area contributed by atoms with Crippen LogP contribution in [0.3, 0.4) is 0 Å². The molecule has 1 N–H and O–H groups in total. The van der Waals surface area contributed by atoms with Gasteiger partial charge in [-0.1, -0.05) is 6.92 Å². The molecule has 2 aliphatic heterocycles. The minimum Gasteiger partial charge on any atom is -0.481 e. The summed E-state index contributed by atoms with van der Waals surface area (Å²) < 4.78 is 5.03. The van der Waals surface area contributed by atoms with Crippen LogP contribution in [0.2, 0.25) is 0 Å². The number of hydrogen-bond acceptors (Lipinski definition) is 4. The fourth-order valence-electron chi connectivity index (χ4n) is 4.04. The highest BCUT2D eigenvalue weighted by molar-refractivity contribution is 5.95. The number of pyridine rings is 1. The summed E-state index contributed by atoms with van der Waals surface area (Å²) in [6.45, 7) is 2.27. The first-order valence-electron chi connectivity index (χ1n) is 7.59. The molecule has 114 valence electrons. The first-order chi connectivity index (χ1) is 10.1. The summed E-state index contributed by atoms with van der Waals surface area (Å²) in [5.41, 5.74) is 0.482. The number of ether oxygens (including phenoxy) is 1. The molecule has 3 rings (SSSR count). The van der Waals surface area contributed by atoms with Gasteiger partial charge in [-0.15, -0.1) is 0 Å². The topological polar surface area (TPSA) is 62.7 Å². The van der Waals surface area contributed by atoms with Gasteiger partial charge in [-0.05, 0) is 31.7 Å². The van der Waals surface area contributed by atoms with Crippen molar-refractivity contribution >= 4 is 5.91 Å². The van der Waals surface area contributed by atoms with Crippen molar-refractivity contribution in [3.63, 3.8) is 0 Å². The molecular weight excluding hydrogens is 268 g/mol. The SMILES string of the molecule is CC[C@]1(CO)C[C@H]2CC[C@@H]1N2C(=O)c1ccc(OC)nc1. The van der Waals surface area contributed by atoms with Crippen molar-refractivity contribution in [2.24, 2.45) is 5.41 Å². The van der Waals surface area contributed by atoms with Crippen molar-refractivity contribution in [1.29, 1.82) is 0 Å². The van der Waals surface area contributed by atoms with Gasteiger partial charge in [0.2, 0.25) is 5.88 Å². The smallest absolute Gasteiger partial charge is 0.255 e. The lowest BCUT2D eigenvalue weighted by molar-refractivity contribution is 0.0556. The highest BCUT2D eigenvalue weighted by atomic mass is 16.5. The van der Waals surface area contributed by atoms with Crippen LogP contribution in [0.15, 0.2) is 18.3 Å². The quantitative estimate of drug-likeness (QED) is 0.919. The van der Waals surface area contributed by atoms with E-state index in [1.54, 1.807) is 25.4 Å². The third kappa shape index (κ3) is 2.11. The lowest BCUT2D eigenvalue weighted by Gasteiger charge is -2.34. The van der Waals surface area contributed by atoms with E-state index in [9.17, 15) is 9.90 Å². The maximum absolute atomic E-state index is 12.8. The Balaban J connectivity index is 1.85. The zero-order valence-corrected chi connectivity index (χ0v) is 12.6. The van der Waals surface area contributed by atoms with Crippen LogP contribution in [0.4, 0.5) is 0 Å². The highest BCUT2D eigenvalue weighted by Crippen LogP contribution is 2.51. The predicted octanol–water partition coefficient (Wildman–Crippen LogP) is 1.86. The highest BCUT2D eigenvalue weighted by Gasteiger charge is 2.56. The molecule has 1 aromatic heterocycles. The van der Waals surface area contributed by atoms with Crippen molar-refractivity contribution in [2.75, 3.05) is 13.7 Å². The number of nitrogens with zero attached hydrogens (tertiary/aromatic N) is 2. The number of aliphatic hydroxyl groups is 1. The lowest BCUT2D eigenvalue weighted by Crippen LogP contribution is -2.42. The third-order valence-corrected chi connectivity index (χ3v) is 5.30. The summed E-state index contributed by atoms with van der Waals surface area (Å²) in [4.78, 5) is 18.9. The minimum atomic E-state index is -0.113. The van der Waals surface area contributed by atoms with Crippen LogP contribution in [0.25, 0.3) is 0 Å². The molecule has 0 spiro atoms. The minimum absolute atomic E-state index is 0.0291. The van der Waals surface area contributed by atoms with Crippen molar-refractivity contribution < 1.29 is 14.6 Å². The maximum Gasteiger partial charge on any atom is 0.255 e. The van der Waals surface area contributed by atoms with Crippen LogP contribution in [0.5, 0.6) is 5.88 Å². The van der Waals surface area contributed by atoms with Gasteiger partial charge < -0.3 is 14.7 Å². The van der Waals surface area contributed by atoms with Crippen LogP contribution in [-0.4, -0.2) is 46.7 Å². The van der Waals surface area contributed by atoms with E-state index in [-0.39, 0.29) is 30.0 Å². The van der Waals surface area contributed by atoms with E-state index < -0.39 is 0 Å². The van der Waals surface area contributed by atoms with E-state index in [0.29, 0.717) is 11.4 Å². The number of aromatic nitrogens is 1. The Kier molecular flexibility index (Phi) is 3.61. The number of hydrogen-bond donors (Lipinski definition) is 1. The molecular formula is C16H22N2O3. The van der Waals surface area contributed by atoms with Crippen molar-refractivity contribution in [3.05, 3.63) is 23.9 Å². The molecule has 0 aromatic carbocycles. The summed E-state index contributed by atoms with van der Waals surface area (Å²) in [7, 11) is 1.56. The molecule has 1 aromatic rings. The standard InChI is InChI=1S/C16H22N2O3/c1-3-16(10-19)8-12-5-6-13(16)18(12)15(20)11-4-7-14(21-2)17-9-11/h4,7,9,12-13,19H,3,5-6,8,10H2,1-2H3/t12-,13+,16-/m1/s1. The van der Waals surface area contributed by atoms with Crippen LogP contribution in [0, 0.1) is 5.41 Å². The van der Waals surface area contributed by atoms with E-state index in [0.717, 1.165) is 25.7 Å². The molecule has 2 fully saturated rings. The molecule has 1 amide bonds. The molecule has 2 saturated heterocycles. The van der Waals surface area contributed by atoms with Crippen molar-refractivity contribution in [1.82, 2.24) is 9.88 Å². The van der Waals surface area contributed by atoms with Gasteiger partial charge >= 0.3 is 0 Å². The molecule has 3 atom stereocenters. The zero-order chi connectivity index (χ0) is 15.0. The van der Waals surface area contributed by atoms with E-state index >= 15 is 0 Å². The third-order valence-electron chi connectivity index (χ3n) is 5.30. The summed E-state index contributed by atoms with van der Waals surface area (Å²) >= 11 is 0. The van der Waals surface area contributed by atoms with Gasteiger partial charge in [-0.2, -0.15) is 0 Å². The molecule has 5 heteroatoms. The molecule has 2 aliphatic rings. The lowest BCUT2D eigenvalue weighted by atomic mass is 9.72. The van der Waals surface area contributed by atoms with Gasteiger partial charge in [-0.25, -0.2) is 4.98 Å². The second-order valence-corrected chi connectivity index (χ2v) is 6.13. The molecule has 3 heterocycles. The number of amides is 1. The predicted molar refractivity (Wildman–Crippen MR) is 78.2 cm³/mol. The first-order valence-corrected chi connectivity index (χ1v) is 7.59. The Morgan fingerprint density at radius 3 is 2.86 bits per heavy atom. The number of fused-ring (bicyclic) bond motifs is 2. The first kappa shape index (κ1) is 14.3. The van der Waals surface area contributed by atoms with Gasteiger partial charge in [0.05, 0.1) is 19.3 Å². The van der Waals surface area contributed by atoms with Gasteiger partial charge in [0.1, 0.15) is 0 Å². The Morgan fingerprint density at radius 1 is 1.52 bits per heavy atom. The van der Waals surface area contributed by atoms with Crippen LogP contribution >= 0.6 is 0 Å². The number of carbonyl (C=O) groups excluding carboxylic acids is 1. The zero-order valence-electron chi connectivity index (χ0n) is 12.6. The van der Waals surface area contributed by atoms with E-state index in [2.05, 4.69) is 11.9 Å². The number of carbonyl (C=O) groups is 1. The van der Waals surface area contributed by atoms with Crippen molar-refractivity contribution in [2.45, 2.75) is 44.7 Å². The number of rotatable bonds is 4. The average molecular weight is 290 g/mol. The van der Waals surface area contributed by atoms with Gasteiger partial charge in [-0.3, -0.25) is 4.79 Å². The fourth-order valence-corrected chi connectivity index (χ4v) is 4.04. The summed E-state index contributed by atoms with van der Waals surface area (Å²) in [6, 6.07) is 3.90. The summed E-state index contributed by atoms with van der Waals surface area (Å²) in [6.07, 6.45) is 5.44. The Labute approximate surface area is 124 Å². The Bertz CT molecular complexity index is 525. The van der Waals surface area contributed by atoms with E-state index in [1.807, 2.05) is 4.90 Å². The molecule has 5 nitrogen and oxygen atoms in total. The summed E-state index contributed by atoms with van der Waals surface area (Å²) in [5, 5.41) is 9.81. The van der Waals surface area contributed by atoms with Crippen LogP contribution in [0.1, 0.15) is 43.0 Å². The largest absolute Gasteiger partial charge is 0.481 e. The van der Waals surface area contributed by atoms with Gasteiger partial charge in [0, 0.05) is 29.8 Å². The van der Waals surface area contributed by atoms with E-state index in [4.69, 9.17) is 4.74 Å². The average Bonchev–Trinajstić information content (AvgIpc) is 3.10. The van der Waals surface area contributed by atoms with Crippen LogP contribution < -0.4 is 4.74 Å². The molecule has 0 aliphatic carbocycles. The fraction of sp³-hybridized carbons (Fsp3) is 0.625. The van der Waals surface area contributed by atoms with E-state index in [1.165, 1.54) is 0 Å². The second-order valence-electron chi connectivity index (χ2n) is 6.13. The van der Waals surface area contributed by atoms with Crippen LogP contribution in [-0.2, 0) is 0 Å². The number of methoxy groups -OCH3 is 1. The molecule has 0 radical (unpaired) electrons. The number of aliphatic hydroxyl groups excluding tert-OH is 1. The van der Waals surface area contributed by atoms with Crippen molar-refractivity contribution in [3.8, 4) is 5.88 Å². The monoisotopic (exact) mass is 290 g/mol. The second kappa shape index (κ2) is 5.30. The Hall–Kier alpha value is -1.62. The Morgan fingerprint density at radius 2 is 2.33 bits per heavy atom. The van der Waals surface area contributed by atoms with Gasteiger partial charge in [0.15, 0.2) is 0 Å². The molecule has 0 unspecified atom stereocenters. The normalized spacial score (nSPS) is 30.7. The molecule has 2 bridgehead atoms. The molecule has 21 heavy (non-hydrogen) atoms. The van der Waals surface area contributed by atoms with Gasteiger partial charge in [0.25, 0.3) is 5.91 Å². The molecule has 0 saturated carbocycles. The maximum atomic E-state index is 12.8.